The van der Waals surface area contributed by atoms with Gasteiger partial charge < -0.3 is 4.74 Å². The fraction of sp³-hybridized carbons (Fsp3) is 0.300. The highest BCUT2D eigenvalue weighted by Gasteiger charge is 2.20. The van der Waals surface area contributed by atoms with E-state index in [0.29, 0.717) is 0 Å². The van der Waals surface area contributed by atoms with Gasteiger partial charge in [0, 0.05) is 6.23 Å². The standard InChI is InChI=1S/C20H26OSi/c1-16(2)17-11-13-19(14-12-17)22(15-21-20(3,4)5)18-9-7-6-8-10-18/h6-14,22H,1,15H2,2-5H3. The Morgan fingerprint density at radius 3 is 2.00 bits per heavy atom. The molecule has 2 rings (SSSR count). The van der Waals surface area contributed by atoms with E-state index in [2.05, 4.69) is 81.9 Å². The highest BCUT2D eigenvalue weighted by atomic mass is 28.3. The maximum Gasteiger partial charge on any atom is 0.130 e. The molecule has 0 saturated carbocycles. The van der Waals surface area contributed by atoms with E-state index in [9.17, 15) is 0 Å². The highest BCUT2D eigenvalue weighted by Crippen LogP contribution is 2.10. The summed E-state index contributed by atoms with van der Waals surface area (Å²) in [5.74, 6) is 0. The van der Waals surface area contributed by atoms with Crippen LogP contribution in [0.5, 0.6) is 0 Å². The second-order valence-corrected chi connectivity index (χ2v) is 9.56. The molecule has 0 saturated heterocycles. The quantitative estimate of drug-likeness (QED) is 0.769. The molecule has 0 heterocycles. The van der Waals surface area contributed by atoms with Crippen molar-refractivity contribution in [2.75, 3.05) is 6.23 Å². The fourth-order valence-electron chi connectivity index (χ4n) is 2.40. The van der Waals surface area contributed by atoms with Gasteiger partial charge in [0.25, 0.3) is 0 Å². The molecule has 1 unspecified atom stereocenters. The largest absolute Gasteiger partial charge is 0.379 e. The first-order valence-corrected chi connectivity index (χ1v) is 9.79. The number of hydrogen-bond acceptors (Lipinski definition) is 1. The first-order valence-electron chi connectivity index (χ1n) is 7.81. The van der Waals surface area contributed by atoms with Crippen LogP contribution in [0.3, 0.4) is 0 Å². The van der Waals surface area contributed by atoms with Gasteiger partial charge >= 0.3 is 0 Å². The molecule has 0 aliphatic heterocycles. The summed E-state index contributed by atoms with van der Waals surface area (Å²) in [6.07, 6.45) is 0.819. The minimum absolute atomic E-state index is 0.0995. The normalized spacial score (nSPS) is 12.9. The maximum atomic E-state index is 6.12. The average Bonchev–Trinajstić information content (AvgIpc) is 2.48. The van der Waals surface area contributed by atoms with Crippen molar-refractivity contribution in [1.82, 2.24) is 0 Å². The molecule has 0 aliphatic rings. The molecular weight excluding hydrogens is 284 g/mol. The molecule has 0 aromatic heterocycles. The number of allylic oxidation sites excluding steroid dienone is 1. The molecule has 0 amide bonds. The summed E-state index contributed by atoms with van der Waals surface area (Å²) in [4.78, 5) is 0. The third kappa shape index (κ3) is 4.69. The van der Waals surface area contributed by atoms with Crippen LogP contribution >= 0.6 is 0 Å². The van der Waals surface area contributed by atoms with Crippen LogP contribution in [-0.4, -0.2) is 20.6 Å². The van der Waals surface area contributed by atoms with E-state index in [-0.39, 0.29) is 5.60 Å². The zero-order chi connectivity index (χ0) is 16.2. The molecule has 2 heteroatoms. The number of hydrogen-bond donors (Lipinski definition) is 0. The summed E-state index contributed by atoms with van der Waals surface area (Å²) in [6, 6.07) is 19.6. The Kier molecular flexibility index (Phi) is 5.38. The molecule has 2 aromatic rings. The third-order valence-electron chi connectivity index (χ3n) is 3.69. The Morgan fingerprint density at radius 2 is 1.50 bits per heavy atom. The second-order valence-electron chi connectivity index (χ2n) is 6.79. The van der Waals surface area contributed by atoms with Crippen LogP contribution in [0, 0.1) is 0 Å². The summed E-state index contributed by atoms with van der Waals surface area (Å²) in [5, 5.41) is 2.84. The number of benzene rings is 2. The molecule has 1 atom stereocenters. The third-order valence-corrected chi connectivity index (χ3v) is 6.57. The Morgan fingerprint density at radius 1 is 0.955 bits per heavy atom. The summed E-state index contributed by atoms with van der Waals surface area (Å²) in [6.45, 7) is 12.4. The zero-order valence-corrected chi connectivity index (χ0v) is 15.3. The zero-order valence-electron chi connectivity index (χ0n) is 14.1. The van der Waals surface area contributed by atoms with Crippen molar-refractivity contribution < 1.29 is 4.74 Å². The van der Waals surface area contributed by atoms with Crippen LogP contribution < -0.4 is 10.4 Å². The van der Waals surface area contributed by atoms with Gasteiger partial charge in [0.15, 0.2) is 0 Å². The molecule has 0 radical (unpaired) electrons. The van der Waals surface area contributed by atoms with Crippen LogP contribution in [-0.2, 0) is 4.74 Å². The topological polar surface area (TPSA) is 9.23 Å². The Labute approximate surface area is 136 Å². The monoisotopic (exact) mass is 310 g/mol. The predicted molar refractivity (Wildman–Crippen MR) is 99.7 cm³/mol. The van der Waals surface area contributed by atoms with Crippen LogP contribution in [0.2, 0.25) is 0 Å². The van der Waals surface area contributed by atoms with Gasteiger partial charge in [-0.2, -0.15) is 0 Å². The fourth-order valence-corrected chi connectivity index (χ4v) is 5.18. The summed E-state index contributed by atoms with van der Waals surface area (Å²) in [7, 11) is -1.35. The van der Waals surface area contributed by atoms with Crippen molar-refractivity contribution in [2.24, 2.45) is 0 Å². The van der Waals surface area contributed by atoms with Crippen molar-refractivity contribution in [1.29, 1.82) is 0 Å². The molecule has 0 fully saturated rings. The minimum Gasteiger partial charge on any atom is -0.379 e. The van der Waals surface area contributed by atoms with Gasteiger partial charge in [0.1, 0.15) is 8.80 Å². The van der Waals surface area contributed by atoms with Gasteiger partial charge in [0.2, 0.25) is 0 Å². The molecule has 0 aliphatic carbocycles. The lowest BCUT2D eigenvalue weighted by Gasteiger charge is -2.24. The maximum absolute atomic E-state index is 6.12. The van der Waals surface area contributed by atoms with Crippen molar-refractivity contribution >= 4 is 24.7 Å². The van der Waals surface area contributed by atoms with Gasteiger partial charge in [-0.15, -0.1) is 0 Å². The van der Waals surface area contributed by atoms with Crippen LogP contribution in [0.15, 0.2) is 61.2 Å². The smallest absolute Gasteiger partial charge is 0.130 e. The van der Waals surface area contributed by atoms with Gasteiger partial charge in [-0.05, 0) is 33.3 Å². The minimum atomic E-state index is -1.35. The van der Waals surface area contributed by atoms with Gasteiger partial charge in [0.05, 0.1) is 5.60 Å². The molecule has 22 heavy (non-hydrogen) atoms. The van der Waals surface area contributed by atoms with Gasteiger partial charge in [-0.1, -0.05) is 77.1 Å². The van der Waals surface area contributed by atoms with Crippen LogP contribution in [0.1, 0.15) is 33.3 Å². The molecule has 0 bridgehead atoms. The van der Waals surface area contributed by atoms with E-state index in [1.807, 2.05) is 6.92 Å². The summed E-state index contributed by atoms with van der Waals surface area (Å²) >= 11 is 0. The second kappa shape index (κ2) is 7.08. The SMILES string of the molecule is C=C(C)c1ccc([SiH](COC(C)(C)C)c2ccccc2)cc1. The lowest BCUT2D eigenvalue weighted by Crippen LogP contribution is -2.47. The van der Waals surface area contributed by atoms with Gasteiger partial charge in [-0.3, -0.25) is 0 Å². The molecule has 0 N–H and O–H groups in total. The first-order chi connectivity index (χ1) is 10.4. The molecule has 2 aromatic carbocycles. The number of rotatable bonds is 5. The van der Waals surface area contributed by atoms with E-state index in [4.69, 9.17) is 4.74 Å². The van der Waals surface area contributed by atoms with Gasteiger partial charge in [-0.25, -0.2) is 0 Å². The Balaban J connectivity index is 2.29. The molecule has 116 valence electrons. The van der Waals surface area contributed by atoms with Crippen molar-refractivity contribution in [3.05, 3.63) is 66.7 Å². The number of ether oxygens (including phenoxy) is 1. The van der Waals surface area contributed by atoms with Crippen LogP contribution in [0.25, 0.3) is 5.57 Å². The molecular formula is C20H26OSi. The van der Waals surface area contributed by atoms with E-state index in [1.54, 1.807) is 0 Å². The van der Waals surface area contributed by atoms with E-state index in [0.717, 1.165) is 11.8 Å². The van der Waals surface area contributed by atoms with Crippen LogP contribution in [0.4, 0.5) is 0 Å². The average molecular weight is 311 g/mol. The predicted octanol–water partition coefficient (Wildman–Crippen LogP) is 3.42. The Bertz CT molecular complexity index is 608. The van der Waals surface area contributed by atoms with Crippen molar-refractivity contribution in [2.45, 2.75) is 33.3 Å². The molecule has 1 nitrogen and oxygen atoms in total. The first kappa shape index (κ1) is 16.7. The Hall–Kier alpha value is -1.64. The van der Waals surface area contributed by atoms with Crippen molar-refractivity contribution in [3.63, 3.8) is 0 Å². The summed E-state index contributed by atoms with van der Waals surface area (Å²) < 4.78 is 6.12. The van der Waals surface area contributed by atoms with E-state index < -0.39 is 8.80 Å². The highest BCUT2D eigenvalue weighted by molar-refractivity contribution is 6.85. The lowest BCUT2D eigenvalue weighted by atomic mass is 10.1. The van der Waals surface area contributed by atoms with E-state index in [1.165, 1.54) is 15.9 Å². The molecule has 0 spiro atoms. The summed E-state index contributed by atoms with van der Waals surface area (Å²) in [5.41, 5.74) is 2.22. The lowest BCUT2D eigenvalue weighted by molar-refractivity contribution is 0.0243. The van der Waals surface area contributed by atoms with Crippen molar-refractivity contribution in [3.8, 4) is 0 Å². The van der Waals surface area contributed by atoms with E-state index >= 15 is 0 Å².